The molecule has 0 aliphatic carbocycles. The number of hydrogen-bond donors (Lipinski definition) is 1. The number of aromatic nitrogens is 2. The zero-order chi connectivity index (χ0) is 15.2. The van der Waals surface area contributed by atoms with Crippen LogP contribution >= 0.6 is 0 Å². The van der Waals surface area contributed by atoms with E-state index in [1.807, 2.05) is 0 Å². The van der Waals surface area contributed by atoms with Gasteiger partial charge in [0, 0.05) is 38.2 Å². The van der Waals surface area contributed by atoms with Gasteiger partial charge >= 0.3 is 0 Å². The molecule has 1 aliphatic heterocycles. The van der Waals surface area contributed by atoms with Gasteiger partial charge in [-0.05, 0) is 19.8 Å². The topological polar surface area (TPSA) is 50.3 Å². The van der Waals surface area contributed by atoms with Crippen molar-refractivity contribution >= 4 is 11.6 Å². The second-order valence-corrected chi connectivity index (χ2v) is 6.03. The van der Waals surface area contributed by atoms with Crippen LogP contribution in [-0.4, -0.2) is 42.3 Å². The minimum Gasteiger partial charge on any atom is -0.377 e. The molecule has 1 N–H and O–H groups in total. The molecule has 0 bridgehead atoms. The summed E-state index contributed by atoms with van der Waals surface area (Å²) in [6, 6.07) is 2.07. The second kappa shape index (κ2) is 7.59. The Morgan fingerprint density at radius 1 is 1.43 bits per heavy atom. The lowest BCUT2D eigenvalue weighted by Gasteiger charge is -2.24. The molecule has 1 aromatic rings. The predicted octanol–water partition coefficient (Wildman–Crippen LogP) is 3.04. The van der Waals surface area contributed by atoms with Gasteiger partial charge in [-0.15, -0.1) is 0 Å². The van der Waals surface area contributed by atoms with Crippen molar-refractivity contribution in [2.45, 2.75) is 52.6 Å². The molecule has 1 atom stereocenters. The Balaban J connectivity index is 2.25. The third kappa shape index (κ3) is 4.56. The zero-order valence-corrected chi connectivity index (χ0v) is 13.7. The van der Waals surface area contributed by atoms with Crippen LogP contribution in [0.3, 0.4) is 0 Å². The monoisotopic (exact) mass is 292 g/mol. The molecule has 0 saturated carbocycles. The van der Waals surface area contributed by atoms with E-state index >= 15 is 0 Å². The first-order valence-corrected chi connectivity index (χ1v) is 8.09. The summed E-state index contributed by atoms with van der Waals surface area (Å²) in [6.45, 7) is 12.2. The molecule has 2 heterocycles. The van der Waals surface area contributed by atoms with Gasteiger partial charge in [-0.2, -0.15) is 0 Å². The summed E-state index contributed by atoms with van der Waals surface area (Å²) in [5.74, 6) is 3.18. The number of nitrogens with zero attached hydrogens (tertiary/aromatic N) is 3. The average molecular weight is 292 g/mol. The Morgan fingerprint density at radius 2 is 2.24 bits per heavy atom. The molecule has 5 nitrogen and oxygen atoms in total. The lowest BCUT2D eigenvalue weighted by atomic mass is 10.2. The van der Waals surface area contributed by atoms with Crippen molar-refractivity contribution in [3.8, 4) is 0 Å². The molecule has 1 saturated heterocycles. The van der Waals surface area contributed by atoms with Crippen LogP contribution in [0.25, 0.3) is 0 Å². The SMILES string of the molecule is CCCNc1cc(N2CCCOC(C)C2)nc(C(C)C)n1. The maximum absolute atomic E-state index is 5.73. The molecule has 1 fully saturated rings. The van der Waals surface area contributed by atoms with E-state index in [9.17, 15) is 0 Å². The van der Waals surface area contributed by atoms with Crippen LogP contribution in [0, 0.1) is 0 Å². The van der Waals surface area contributed by atoms with Gasteiger partial charge in [-0.3, -0.25) is 0 Å². The molecule has 1 unspecified atom stereocenters. The van der Waals surface area contributed by atoms with E-state index < -0.39 is 0 Å². The van der Waals surface area contributed by atoms with Crippen molar-refractivity contribution in [3.63, 3.8) is 0 Å². The lowest BCUT2D eigenvalue weighted by Crippen LogP contribution is -2.31. The van der Waals surface area contributed by atoms with Gasteiger partial charge in [0.1, 0.15) is 17.5 Å². The minimum absolute atomic E-state index is 0.247. The fraction of sp³-hybridized carbons (Fsp3) is 0.750. The Labute approximate surface area is 128 Å². The molecule has 0 amide bonds. The standard InChI is InChI=1S/C16H28N4O/c1-5-7-17-14-10-15(19-16(18-14)12(2)3)20-8-6-9-21-13(4)11-20/h10,12-13H,5-9,11H2,1-4H3,(H,17,18,19). The van der Waals surface area contributed by atoms with Gasteiger partial charge in [0.15, 0.2) is 0 Å². The van der Waals surface area contributed by atoms with E-state index in [0.717, 1.165) is 56.5 Å². The van der Waals surface area contributed by atoms with Gasteiger partial charge in [0.05, 0.1) is 6.10 Å². The number of rotatable bonds is 5. The maximum atomic E-state index is 5.73. The molecule has 2 rings (SSSR count). The average Bonchev–Trinajstić information content (AvgIpc) is 2.69. The Morgan fingerprint density at radius 3 is 2.95 bits per heavy atom. The van der Waals surface area contributed by atoms with Crippen molar-refractivity contribution in [2.24, 2.45) is 0 Å². The van der Waals surface area contributed by atoms with Crippen molar-refractivity contribution in [3.05, 3.63) is 11.9 Å². The molecule has 118 valence electrons. The Hall–Kier alpha value is -1.36. The number of hydrogen-bond acceptors (Lipinski definition) is 5. The van der Waals surface area contributed by atoms with Crippen LogP contribution in [0.15, 0.2) is 6.07 Å². The third-order valence-electron chi connectivity index (χ3n) is 3.58. The quantitative estimate of drug-likeness (QED) is 0.904. The van der Waals surface area contributed by atoms with Gasteiger partial charge < -0.3 is 15.0 Å². The molecule has 0 spiro atoms. The second-order valence-electron chi connectivity index (χ2n) is 6.03. The summed E-state index contributed by atoms with van der Waals surface area (Å²) in [6.07, 6.45) is 2.38. The molecule has 0 aromatic carbocycles. The first kappa shape index (κ1) is 16.0. The van der Waals surface area contributed by atoms with Crippen LogP contribution in [0.2, 0.25) is 0 Å². The summed E-state index contributed by atoms with van der Waals surface area (Å²) in [5.41, 5.74) is 0. The third-order valence-corrected chi connectivity index (χ3v) is 3.58. The van der Waals surface area contributed by atoms with Crippen LogP contribution < -0.4 is 10.2 Å². The van der Waals surface area contributed by atoms with E-state index in [4.69, 9.17) is 9.72 Å². The minimum atomic E-state index is 0.247. The molecule has 5 heteroatoms. The largest absolute Gasteiger partial charge is 0.377 e. The van der Waals surface area contributed by atoms with Crippen LogP contribution in [-0.2, 0) is 4.74 Å². The van der Waals surface area contributed by atoms with Gasteiger partial charge in [0.25, 0.3) is 0 Å². The first-order chi connectivity index (χ1) is 10.1. The number of anilines is 2. The molecule has 21 heavy (non-hydrogen) atoms. The highest BCUT2D eigenvalue weighted by Gasteiger charge is 2.18. The van der Waals surface area contributed by atoms with E-state index in [-0.39, 0.29) is 6.10 Å². The Bertz CT molecular complexity index is 450. The molecular weight excluding hydrogens is 264 g/mol. The summed E-state index contributed by atoms with van der Waals surface area (Å²) in [5, 5.41) is 3.39. The summed E-state index contributed by atoms with van der Waals surface area (Å²) < 4.78 is 5.73. The van der Waals surface area contributed by atoms with E-state index in [2.05, 4.69) is 49.0 Å². The number of nitrogens with one attached hydrogen (secondary N) is 1. The fourth-order valence-corrected chi connectivity index (χ4v) is 2.42. The maximum Gasteiger partial charge on any atom is 0.135 e. The van der Waals surface area contributed by atoms with E-state index in [0.29, 0.717) is 5.92 Å². The summed E-state index contributed by atoms with van der Waals surface area (Å²) in [4.78, 5) is 11.7. The highest BCUT2D eigenvalue weighted by Crippen LogP contribution is 2.22. The van der Waals surface area contributed by atoms with Gasteiger partial charge in [0.2, 0.25) is 0 Å². The van der Waals surface area contributed by atoms with E-state index in [1.54, 1.807) is 0 Å². The molecule has 1 aromatic heterocycles. The smallest absolute Gasteiger partial charge is 0.135 e. The summed E-state index contributed by atoms with van der Waals surface area (Å²) >= 11 is 0. The number of ether oxygens (including phenoxy) is 1. The Kier molecular flexibility index (Phi) is 5.79. The highest BCUT2D eigenvalue weighted by atomic mass is 16.5. The van der Waals surface area contributed by atoms with Crippen molar-refractivity contribution < 1.29 is 4.74 Å². The molecular formula is C16H28N4O. The van der Waals surface area contributed by atoms with Crippen molar-refractivity contribution in [2.75, 3.05) is 36.5 Å². The highest BCUT2D eigenvalue weighted by molar-refractivity contribution is 5.50. The summed E-state index contributed by atoms with van der Waals surface area (Å²) in [7, 11) is 0. The first-order valence-electron chi connectivity index (χ1n) is 8.09. The molecule has 1 aliphatic rings. The fourth-order valence-electron chi connectivity index (χ4n) is 2.42. The normalized spacial score (nSPS) is 19.7. The van der Waals surface area contributed by atoms with Crippen LogP contribution in [0.4, 0.5) is 11.6 Å². The van der Waals surface area contributed by atoms with Gasteiger partial charge in [-0.25, -0.2) is 9.97 Å². The van der Waals surface area contributed by atoms with Crippen LogP contribution in [0.5, 0.6) is 0 Å². The van der Waals surface area contributed by atoms with Crippen molar-refractivity contribution in [1.29, 1.82) is 0 Å². The predicted molar refractivity (Wildman–Crippen MR) is 87.1 cm³/mol. The van der Waals surface area contributed by atoms with Crippen molar-refractivity contribution in [1.82, 2.24) is 9.97 Å². The molecule has 0 radical (unpaired) electrons. The lowest BCUT2D eigenvalue weighted by molar-refractivity contribution is 0.0820. The zero-order valence-electron chi connectivity index (χ0n) is 13.7. The van der Waals surface area contributed by atoms with Crippen LogP contribution in [0.1, 0.15) is 52.3 Å². The van der Waals surface area contributed by atoms with E-state index in [1.165, 1.54) is 0 Å². The van der Waals surface area contributed by atoms with Gasteiger partial charge in [-0.1, -0.05) is 20.8 Å².